The van der Waals surface area contributed by atoms with E-state index in [1.165, 1.54) is 6.20 Å². The van der Waals surface area contributed by atoms with Crippen molar-refractivity contribution >= 4 is 0 Å². The minimum Gasteiger partial charge on any atom is -0.394 e. The van der Waals surface area contributed by atoms with Crippen LogP contribution in [-0.4, -0.2) is 27.8 Å². The average Bonchev–Trinajstić information content (AvgIpc) is 2.67. The number of nitrogens with one attached hydrogen (secondary N) is 1. The van der Waals surface area contributed by atoms with Gasteiger partial charge in [0.1, 0.15) is 0 Å². The minimum atomic E-state index is -0.356. The van der Waals surface area contributed by atoms with Crippen molar-refractivity contribution in [3.63, 3.8) is 0 Å². The first-order valence-electron chi connectivity index (χ1n) is 4.60. The summed E-state index contributed by atoms with van der Waals surface area (Å²) in [6.07, 6.45) is 4.71. The normalized spacial score (nSPS) is 26.6. The fourth-order valence-electron chi connectivity index (χ4n) is 1.61. The van der Waals surface area contributed by atoms with E-state index in [2.05, 4.69) is 9.97 Å². The van der Waals surface area contributed by atoms with Crippen molar-refractivity contribution in [2.75, 3.05) is 6.61 Å². The van der Waals surface area contributed by atoms with Crippen LogP contribution in [0.3, 0.4) is 0 Å². The van der Waals surface area contributed by atoms with E-state index in [1.54, 1.807) is 6.20 Å². The molecule has 5 nitrogen and oxygen atoms in total. The number of ether oxygens (including phenoxy) is 1. The monoisotopic (exact) mass is 196 g/mol. The van der Waals surface area contributed by atoms with Gasteiger partial charge in [0.15, 0.2) is 0 Å². The second-order valence-electron chi connectivity index (χ2n) is 3.36. The van der Waals surface area contributed by atoms with E-state index in [4.69, 9.17) is 9.84 Å². The molecule has 0 unspecified atom stereocenters. The Hall–Kier alpha value is -1.20. The number of aliphatic hydroxyl groups is 1. The van der Waals surface area contributed by atoms with E-state index in [0.29, 0.717) is 0 Å². The molecule has 2 rings (SSSR count). The van der Waals surface area contributed by atoms with Crippen LogP contribution < -0.4 is 5.69 Å². The number of aliphatic hydroxyl groups excluding tert-OH is 1. The Kier molecular flexibility index (Phi) is 2.60. The lowest BCUT2D eigenvalue weighted by Crippen LogP contribution is -2.13. The topological polar surface area (TPSA) is 75.2 Å². The highest BCUT2D eigenvalue weighted by molar-refractivity contribution is 5.08. The van der Waals surface area contributed by atoms with Crippen molar-refractivity contribution in [2.45, 2.75) is 25.0 Å². The number of hydrogen-bond acceptors (Lipinski definition) is 4. The summed E-state index contributed by atoms with van der Waals surface area (Å²) in [6.45, 7) is 0.0489. The zero-order chi connectivity index (χ0) is 9.97. The van der Waals surface area contributed by atoms with Gasteiger partial charge in [-0.05, 0) is 12.8 Å². The molecule has 2 N–H and O–H groups in total. The Labute approximate surface area is 80.8 Å². The second-order valence-corrected chi connectivity index (χ2v) is 3.36. The molecule has 1 fully saturated rings. The van der Waals surface area contributed by atoms with Crippen LogP contribution in [0.2, 0.25) is 0 Å². The summed E-state index contributed by atoms with van der Waals surface area (Å²) in [7, 11) is 0. The molecule has 0 aliphatic carbocycles. The minimum absolute atomic E-state index is 0.0449. The summed E-state index contributed by atoms with van der Waals surface area (Å²) in [5, 5.41) is 8.88. The molecule has 1 aliphatic rings. The molecule has 5 heteroatoms. The van der Waals surface area contributed by atoms with E-state index < -0.39 is 0 Å². The molecule has 0 radical (unpaired) electrons. The van der Waals surface area contributed by atoms with E-state index in [-0.39, 0.29) is 24.5 Å². The van der Waals surface area contributed by atoms with Gasteiger partial charge in [-0.2, -0.15) is 0 Å². The predicted molar refractivity (Wildman–Crippen MR) is 48.8 cm³/mol. The summed E-state index contributed by atoms with van der Waals surface area (Å²) in [5.41, 5.74) is 0.506. The van der Waals surface area contributed by atoms with Crippen molar-refractivity contribution < 1.29 is 9.84 Å². The molecule has 1 aliphatic heterocycles. The number of H-pyrrole nitrogens is 1. The van der Waals surface area contributed by atoms with Crippen LogP contribution >= 0.6 is 0 Å². The number of nitrogens with zero attached hydrogens (tertiary/aromatic N) is 1. The summed E-state index contributed by atoms with van der Waals surface area (Å²) in [4.78, 5) is 16.8. The van der Waals surface area contributed by atoms with Crippen LogP contribution in [0.4, 0.5) is 0 Å². The van der Waals surface area contributed by atoms with E-state index >= 15 is 0 Å². The van der Waals surface area contributed by atoms with Crippen LogP contribution in [0.15, 0.2) is 17.2 Å². The first kappa shape index (κ1) is 9.36. The molecule has 2 atom stereocenters. The molecule has 1 aromatic rings. The Balaban J connectivity index is 2.09. The molecule has 2 heterocycles. The van der Waals surface area contributed by atoms with Crippen molar-refractivity contribution in [1.82, 2.24) is 9.97 Å². The lowest BCUT2D eigenvalue weighted by molar-refractivity contribution is 0.0107. The van der Waals surface area contributed by atoms with Gasteiger partial charge in [0.05, 0.1) is 18.8 Å². The lowest BCUT2D eigenvalue weighted by atomic mass is 10.1. The van der Waals surface area contributed by atoms with Crippen molar-refractivity contribution in [3.05, 3.63) is 28.4 Å². The molecule has 0 amide bonds. The molecule has 14 heavy (non-hydrogen) atoms. The summed E-state index contributed by atoms with van der Waals surface area (Å²) in [5.74, 6) is 0. The van der Waals surface area contributed by atoms with Gasteiger partial charge in [0.25, 0.3) is 0 Å². The maximum Gasteiger partial charge on any atom is 0.344 e. The zero-order valence-corrected chi connectivity index (χ0v) is 7.64. The highest BCUT2D eigenvalue weighted by Crippen LogP contribution is 2.31. The van der Waals surface area contributed by atoms with Crippen LogP contribution in [0, 0.1) is 0 Å². The third kappa shape index (κ3) is 1.83. The summed E-state index contributed by atoms with van der Waals surface area (Å²) >= 11 is 0. The van der Waals surface area contributed by atoms with E-state index in [0.717, 1.165) is 18.4 Å². The molecule has 0 spiro atoms. The van der Waals surface area contributed by atoms with Gasteiger partial charge in [-0.25, -0.2) is 9.78 Å². The lowest BCUT2D eigenvalue weighted by Gasteiger charge is -2.10. The van der Waals surface area contributed by atoms with E-state index in [9.17, 15) is 4.79 Å². The SMILES string of the molecule is O=c1ncc([C@H]2CC[C@@H](CO)O2)c[nH]1. The van der Waals surface area contributed by atoms with Crippen molar-refractivity contribution in [1.29, 1.82) is 0 Å². The van der Waals surface area contributed by atoms with Crippen LogP contribution in [0.1, 0.15) is 24.5 Å². The number of aromatic amines is 1. The Morgan fingerprint density at radius 2 is 2.50 bits per heavy atom. The first-order chi connectivity index (χ1) is 6.79. The number of aromatic nitrogens is 2. The molecule has 1 saturated heterocycles. The second kappa shape index (κ2) is 3.89. The van der Waals surface area contributed by atoms with E-state index in [1.807, 2.05) is 0 Å². The maximum atomic E-state index is 10.7. The van der Waals surface area contributed by atoms with Crippen LogP contribution in [0.5, 0.6) is 0 Å². The fraction of sp³-hybridized carbons (Fsp3) is 0.556. The standard InChI is InChI=1S/C9H12N2O3/c12-5-7-1-2-8(14-7)6-3-10-9(13)11-4-6/h3-4,7-8,12H,1-2,5H2,(H,10,11,13)/t7-,8+/m0/s1. The quantitative estimate of drug-likeness (QED) is 0.697. The zero-order valence-electron chi connectivity index (χ0n) is 7.64. The van der Waals surface area contributed by atoms with Gasteiger partial charge in [-0.1, -0.05) is 0 Å². The summed E-state index contributed by atoms with van der Waals surface area (Å²) in [6, 6.07) is 0. The molecule has 76 valence electrons. The molecule has 0 saturated carbocycles. The fourth-order valence-corrected chi connectivity index (χ4v) is 1.61. The maximum absolute atomic E-state index is 10.7. The smallest absolute Gasteiger partial charge is 0.344 e. The van der Waals surface area contributed by atoms with Crippen molar-refractivity contribution in [3.8, 4) is 0 Å². The van der Waals surface area contributed by atoms with Gasteiger partial charge < -0.3 is 14.8 Å². The van der Waals surface area contributed by atoms with Gasteiger partial charge >= 0.3 is 5.69 Å². The molecule has 1 aromatic heterocycles. The first-order valence-corrected chi connectivity index (χ1v) is 4.60. The molecular formula is C9H12N2O3. The third-order valence-corrected chi connectivity index (χ3v) is 2.38. The summed E-state index contributed by atoms with van der Waals surface area (Å²) < 4.78 is 5.52. The Bertz CT molecular complexity index is 343. The average molecular weight is 196 g/mol. The third-order valence-electron chi connectivity index (χ3n) is 2.38. The molecule has 0 bridgehead atoms. The van der Waals surface area contributed by atoms with Gasteiger partial charge in [0.2, 0.25) is 0 Å². The van der Waals surface area contributed by atoms with Crippen LogP contribution in [-0.2, 0) is 4.74 Å². The Morgan fingerprint density at radius 3 is 3.07 bits per heavy atom. The van der Waals surface area contributed by atoms with Crippen molar-refractivity contribution in [2.24, 2.45) is 0 Å². The van der Waals surface area contributed by atoms with Gasteiger partial charge in [0, 0.05) is 18.0 Å². The highest BCUT2D eigenvalue weighted by Gasteiger charge is 2.25. The largest absolute Gasteiger partial charge is 0.394 e. The Morgan fingerprint density at radius 1 is 1.64 bits per heavy atom. The number of hydrogen-bond donors (Lipinski definition) is 2. The van der Waals surface area contributed by atoms with Gasteiger partial charge in [-0.15, -0.1) is 0 Å². The predicted octanol–water partition coefficient (Wildman–Crippen LogP) is -0.0177. The van der Waals surface area contributed by atoms with Crippen LogP contribution in [0.25, 0.3) is 0 Å². The molecular weight excluding hydrogens is 184 g/mol. The highest BCUT2D eigenvalue weighted by atomic mass is 16.5. The molecule has 0 aromatic carbocycles. The van der Waals surface area contributed by atoms with Gasteiger partial charge in [-0.3, -0.25) is 0 Å². The number of rotatable bonds is 2.